The minimum absolute atomic E-state index is 0.414. The Morgan fingerprint density at radius 2 is 1.89 bits per heavy atom. The molecule has 1 aromatic heterocycles. The second kappa shape index (κ2) is 6.23. The highest BCUT2D eigenvalue weighted by Gasteiger charge is 2.01. The maximum Gasteiger partial charge on any atom is 0.134 e. The number of anilines is 1. The van der Waals surface area contributed by atoms with E-state index < -0.39 is 0 Å². The second-order valence-electron chi connectivity index (χ2n) is 3.64. The van der Waals surface area contributed by atoms with Crippen LogP contribution in [0.1, 0.15) is 5.56 Å². The molecule has 2 aromatic rings. The van der Waals surface area contributed by atoms with Crippen LogP contribution in [-0.4, -0.2) is 16.5 Å². The number of hydrogen-bond acceptors (Lipinski definition) is 3. The Kier molecular flexibility index (Phi) is 4.64. The van der Waals surface area contributed by atoms with Gasteiger partial charge >= 0.3 is 0 Å². The zero-order valence-corrected chi connectivity index (χ0v) is 11.6. The van der Waals surface area contributed by atoms with Crippen LogP contribution in [0.4, 0.5) is 5.82 Å². The first kappa shape index (κ1) is 13.4. The molecule has 0 fully saturated rings. The average Bonchev–Trinajstić information content (AvgIpc) is 2.32. The molecule has 0 aliphatic rings. The lowest BCUT2D eigenvalue weighted by atomic mass is 10.1. The van der Waals surface area contributed by atoms with Crippen molar-refractivity contribution in [3.63, 3.8) is 0 Å². The van der Waals surface area contributed by atoms with Crippen LogP contribution < -0.4 is 5.32 Å². The summed E-state index contributed by atoms with van der Waals surface area (Å²) in [6.45, 7) is 0.703. The molecular formula is C12H10Cl3N3. The molecule has 18 heavy (non-hydrogen) atoms. The minimum atomic E-state index is 0.414. The van der Waals surface area contributed by atoms with Crippen LogP contribution in [0.5, 0.6) is 0 Å². The third-order valence-electron chi connectivity index (χ3n) is 2.35. The van der Waals surface area contributed by atoms with Crippen molar-refractivity contribution in [1.82, 2.24) is 9.97 Å². The van der Waals surface area contributed by atoms with E-state index in [1.54, 1.807) is 12.1 Å². The molecule has 0 radical (unpaired) electrons. The Morgan fingerprint density at radius 3 is 2.61 bits per heavy atom. The largest absolute Gasteiger partial charge is 0.370 e. The van der Waals surface area contributed by atoms with Crippen molar-refractivity contribution in [3.8, 4) is 0 Å². The van der Waals surface area contributed by atoms with Gasteiger partial charge in [-0.3, -0.25) is 0 Å². The quantitative estimate of drug-likeness (QED) is 0.864. The summed E-state index contributed by atoms with van der Waals surface area (Å²) in [6, 6.07) is 7.15. The fourth-order valence-electron chi connectivity index (χ4n) is 1.48. The van der Waals surface area contributed by atoms with Crippen molar-refractivity contribution in [2.24, 2.45) is 0 Å². The van der Waals surface area contributed by atoms with Crippen LogP contribution in [0.2, 0.25) is 15.2 Å². The summed E-state index contributed by atoms with van der Waals surface area (Å²) >= 11 is 17.7. The summed E-state index contributed by atoms with van der Waals surface area (Å²) in [7, 11) is 0. The zero-order chi connectivity index (χ0) is 13.0. The van der Waals surface area contributed by atoms with E-state index in [4.69, 9.17) is 34.8 Å². The lowest BCUT2D eigenvalue weighted by molar-refractivity contribution is 0.999. The van der Waals surface area contributed by atoms with Gasteiger partial charge in [-0.15, -0.1) is 0 Å². The Labute approximate surface area is 120 Å². The fourth-order valence-corrected chi connectivity index (χ4v) is 2.13. The summed E-state index contributed by atoms with van der Waals surface area (Å²) in [5, 5.41) is 4.87. The van der Waals surface area contributed by atoms with Crippen molar-refractivity contribution in [3.05, 3.63) is 51.4 Å². The van der Waals surface area contributed by atoms with Crippen molar-refractivity contribution in [2.75, 3.05) is 11.9 Å². The summed E-state index contributed by atoms with van der Waals surface area (Å²) < 4.78 is 0. The second-order valence-corrected chi connectivity index (χ2v) is 4.87. The molecule has 0 aliphatic heterocycles. The van der Waals surface area contributed by atoms with E-state index in [1.165, 1.54) is 6.33 Å². The molecule has 0 aliphatic carbocycles. The lowest BCUT2D eigenvalue weighted by Gasteiger charge is -2.07. The molecule has 2 rings (SSSR count). The van der Waals surface area contributed by atoms with Crippen LogP contribution in [0.25, 0.3) is 0 Å². The normalized spacial score (nSPS) is 10.4. The number of hydrogen-bond donors (Lipinski definition) is 1. The van der Waals surface area contributed by atoms with Gasteiger partial charge in [0.1, 0.15) is 17.3 Å². The van der Waals surface area contributed by atoms with Crippen molar-refractivity contribution in [2.45, 2.75) is 6.42 Å². The molecule has 1 heterocycles. The van der Waals surface area contributed by atoms with Gasteiger partial charge in [0.2, 0.25) is 0 Å². The van der Waals surface area contributed by atoms with E-state index in [0.717, 1.165) is 12.0 Å². The van der Waals surface area contributed by atoms with Gasteiger partial charge in [-0.05, 0) is 24.1 Å². The average molecular weight is 303 g/mol. The minimum Gasteiger partial charge on any atom is -0.370 e. The molecule has 1 N–H and O–H groups in total. The van der Waals surface area contributed by atoms with Crippen LogP contribution in [-0.2, 0) is 6.42 Å². The van der Waals surface area contributed by atoms with E-state index in [2.05, 4.69) is 15.3 Å². The molecule has 0 spiro atoms. The van der Waals surface area contributed by atoms with E-state index in [-0.39, 0.29) is 0 Å². The van der Waals surface area contributed by atoms with Crippen molar-refractivity contribution >= 4 is 40.6 Å². The monoisotopic (exact) mass is 301 g/mol. The van der Waals surface area contributed by atoms with Crippen LogP contribution in [0.3, 0.4) is 0 Å². The summed E-state index contributed by atoms with van der Waals surface area (Å²) in [5.74, 6) is 0.695. The van der Waals surface area contributed by atoms with Gasteiger partial charge in [-0.2, -0.15) is 0 Å². The number of benzene rings is 1. The summed E-state index contributed by atoms with van der Waals surface area (Å²) in [6.07, 6.45) is 2.19. The van der Waals surface area contributed by atoms with E-state index in [0.29, 0.717) is 27.6 Å². The fraction of sp³-hybridized carbons (Fsp3) is 0.167. The highest BCUT2D eigenvalue weighted by molar-refractivity contribution is 6.35. The Morgan fingerprint density at radius 1 is 1.06 bits per heavy atom. The number of halogens is 3. The van der Waals surface area contributed by atoms with Gasteiger partial charge in [0, 0.05) is 22.7 Å². The standard InChI is InChI=1S/C12H10Cl3N3/c13-9-2-1-8(10(14)5-9)3-4-16-12-6-11(15)17-7-18-12/h1-2,5-7H,3-4H2,(H,16,17,18). The summed E-state index contributed by atoms with van der Waals surface area (Å²) in [5.41, 5.74) is 1.04. The molecule has 94 valence electrons. The number of nitrogens with zero attached hydrogens (tertiary/aromatic N) is 2. The Hall–Kier alpha value is -1.03. The molecular weight excluding hydrogens is 293 g/mol. The molecule has 0 saturated carbocycles. The van der Waals surface area contributed by atoms with Gasteiger partial charge in [0.25, 0.3) is 0 Å². The molecule has 6 heteroatoms. The highest BCUT2D eigenvalue weighted by atomic mass is 35.5. The molecule has 1 aromatic carbocycles. The predicted molar refractivity (Wildman–Crippen MR) is 75.7 cm³/mol. The molecule has 0 unspecified atom stereocenters. The molecule has 3 nitrogen and oxygen atoms in total. The number of rotatable bonds is 4. The van der Waals surface area contributed by atoms with Crippen molar-refractivity contribution < 1.29 is 0 Å². The molecule has 0 amide bonds. The van der Waals surface area contributed by atoms with Gasteiger partial charge in [0.15, 0.2) is 0 Å². The SMILES string of the molecule is Clc1ccc(CCNc2cc(Cl)ncn2)c(Cl)c1. The van der Waals surface area contributed by atoms with E-state index in [1.807, 2.05) is 12.1 Å². The summed E-state index contributed by atoms with van der Waals surface area (Å²) in [4.78, 5) is 7.85. The molecule has 0 bridgehead atoms. The first-order chi connectivity index (χ1) is 8.65. The maximum atomic E-state index is 6.08. The molecule has 0 saturated heterocycles. The predicted octanol–water partition coefficient (Wildman–Crippen LogP) is 4.09. The van der Waals surface area contributed by atoms with Gasteiger partial charge in [0.05, 0.1) is 0 Å². The third-order valence-corrected chi connectivity index (χ3v) is 3.14. The number of aromatic nitrogens is 2. The lowest BCUT2D eigenvalue weighted by Crippen LogP contribution is -2.06. The van der Waals surface area contributed by atoms with Gasteiger partial charge in [-0.1, -0.05) is 40.9 Å². The highest BCUT2D eigenvalue weighted by Crippen LogP contribution is 2.21. The first-order valence-electron chi connectivity index (χ1n) is 5.30. The van der Waals surface area contributed by atoms with E-state index in [9.17, 15) is 0 Å². The van der Waals surface area contributed by atoms with Gasteiger partial charge < -0.3 is 5.32 Å². The smallest absolute Gasteiger partial charge is 0.134 e. The molecule has 0 atom stereocenters. The Balaban J connectivity index is 1.92. The topological polar surface area (TPSA) is 37.8 Å². The zero-order valence-electron chi connectivity index (χ0n) is 9.33. The van der Waals surface area contributed by atoms with E-state index >= 15 is 0 Å². The van der Waals surface area contributed by atoms with Crippen LogP contribution >= 0.6 is 34.8 Å². The maximum absolute atomic E-state index is 6.08. The van der Waals surface area contributed by atoms with Crippen LogP contribution in [0, 0.1) is 0 Å². The van der Waals surface area contributed by atoms with Crippen LogP contribution in [0.15, 0.2) is 30.6 Å². The number of nitrogens with one attached hydrogen (secondary N) is 1. The third kappa shape index (κ3) is 3.73. The Bertz CT molecular complexity index is 546. The van der Waals surface area contributed by atoms with Crippen molar-refractivity contribution in [1.29, 1.82) is 0 Å². The van der Waals surface area contributed by atoms with Gasteiger partial charge in [-0.25, -0.2) is 9.97 Å². The first-order valence-corrected chi connectivity index (χ1v) is 6.44.